The molecule has 5 rings (SSSR count). The molecule has 0 aliphatic carbocycles. The Morgan fingerprint density at radius 1 is 0.483 bits per heavy atom. The molecule has 1 aliphatic heterocycles. The lowest BCUT2D eigenvalue weighted by atomic mass is 10.0. The lowest BCUT2D eigenvalue weighted by molar-refractivity contribution is -0.142. The Morgan fingerprint density at radius 3 is 1.59 bits per heavy atom. The molecule has 1 aromatic heterocycles. The summed E-state index contributed by atoms with van der Waals surface area (Å²) in [6, 6.07) is 13.2. The summed E-state index contributed by atoms with van der Waals surface area (Å²) in [4.78, 5) is 166. The molecule has 1 saturated heterocycles. The fourth-order valence-electron chi connectivity index (χ4n) is 12.0. The number of ether oxygens (including phenoxy) is 3. The second-order valence-electron chi connectivity index (χ2n) is 27.2. The lowest BCUT2D eigenvalue weighted by Crippen LogP contribution is -2.53. The average Bonchev–Trinajstić information content (AvgIpc) is 1.66. The number of aromatic nitrogens is 3. The Bertz CT molecular complexity index is 3850. The van der Waals surface area contributed by atoms with Gasteiger partial charge in [-0.15, -0.1) is 5.10 Å². The largest absolute Gasteiger partial charge is 0.481 e. The van der Waals surface area contributed by atoms with Gasteiger partial charge in [0.15, 0.2) is 5.11 Å². The minimum absolute atomic E-state index is 0.0315. The summed E-state index contributed by atoms with van der Waals surface area (Å²) in [6.07, 6.45) is 3.21. The number of hydrogen-bond donors (Lipinski definition) is 17. The number of aliphatic carboxylic acids is 8. The Balaban J connectivity index is 1.04. The highest BCUT2D eigenvalue weighted by Gasteiger charge is 2.31. The van der Waals surface area contributed by atoms with Gasteiger partial charge in [0, 0.05) is 106 Å². The van der Waals surface area contributed by atoms with E-state index in [2.05, 4.69) is 58.2 Å². The van der Waals surface area contributed by atoms with E-state index in [0.717, 1.165) is 11.1 Å². The van der Waals surface area contributed by atoms with Crippen molar-refractivity contribution in [1.82, 2.24) is 71.8 Å². The van der Waals surface area contributed by atoms with Crippen LogP contribution in [0.5, 0.6) is 0 Å². The van der Waals surface area contributed by atoms with E-state index in [-0.39, 0.29) is 168 Å². The van der Waals surface area contributed by atoms with E-state index in [1.807, 2.05) is 0 Å². The highest BCUT2D eigenvalue weighted by molar-refractivity contribution is 7.80. The SMILES string of the molecule is O=C(O)CCC(NC(=O)NC(CCCCNC(=O)Nc1cccc(-c2cn(CCOCCOCCOCCC(=O)N[C@@H](CCCCNC(=S)Nc3ccc(CC4CN(CC(=O)O)CCN(CC(=O)O)CCN(CC(=O)O)CCN4CC(=O)O)cc3)C(=O)NC(CCCCNC(=O)Cc3ccc(Cl)cc3)C(=O)O)nn2)c1)C(=O)O)C(=O)O. The van der Waals surface area contributed by atoms with Gasteiger partial charge in [-0.3, -0.25) is 58.0 Å². The van der Waals surface area contributed by atoms with Gasteiger partial charge in [0.2, 0.25) is 17.7 Å². The van der Waals surface area contributed by atoms with Crippen LogP contribution in [0.1, 0.15) is 88.2 Å². The van der Waals surface area contributed by atoms with Crippen molar-refractivity contribution in [3.8, 4) is 11.3 Å². The van der Waals surface area contributed by atoms with Crippen LogP contribution in [-0.2, 0) is 86.3 Å². The van der Waals surface area contributed by atoms with E-state index >= 15 is 0 Å². The first-order valence-electron chi connectivity index (χ1n) is 37.8. The standard InChI is InChI=1S/C74H105ClN16O24S/c75-52-17-13-50(14-18-52)41-62(93)76-24-4-2-11-57(69(105)106)82-68(104)56(10-1-6-26-78-74(116)80-53-19-15-49(16-20-53)40-55-43-89(47-66(100)101)30-29-87(45-64(96)97)27-28-88(46-65(98)99)31-32-90(55)48-67(102)103)81-61(92)23-34-113-36-38-115-39-37-114-35-33-91-44-60(85-86-91)51-8-7-9-54(42-51)79-72(111)77-25-5-3-12-58(70(107)108)83-73(112)84-59(71(109)110)21-22-63(94)95/h7-9,13-20,42,44,55-59H,1-6,10-12,21-41,43,45-48H2,(H,76,93)(H,81,92)(H,82,104)(H,94,95)(H,96,97)(H,98,99)(H,100,101)(H,102,103)(H,105,106)(H,107,108)(H,109,110)(H2,77,79,111)(H2,78,80,116)(H2,83,84,112)/t55?,56-,57?,58?,59?/m0/s1. The second-order valence-corrected chi connectivity index (χ2v) is 28.0. The van der Waals surface area contributed by atoms with Gasteiger partial charge in [0.1, 0.15) is 29.9 Å². The number of unbranched alkanes of at least 4 members (excludes halogenated alkanes) is 3. The van der Waals surface area contributed by atoms with Crippen molar-refractivity contribution in [3.05, 3.63) is 95.1 Å². The molecule has 0 bridgehead atoms. The monoisotopic (exact) mass is 1670 g/mol. The number of rotatable bonds is 53. The molecule has 0 spiro atoms. The molecule has 4 aromatic rings. The summed E-state index contributed by atoms with van der Waals surface area (Å²) >= 11 is 11.6. The first-order chi connectivity index (χ1) is 55.5. The normalized spacial score (nSPS) is 14.8. The number of halogens is 1. The van der Waals surface area contributed by atoms with E-state index in [0.29, 0.717) is 72.8 Å². The third kappa shape index (κ3) is 41.0. The van der Waals surface area contributed by atoms with Crippen LogP contribution in [-0.4, -0.2) is 320 Å². The topological polar surface area (TPSA) is 563 Å². The smallest absolute Gasteiger partial charge is 0.326 e. The fourth-order valence-corrected chi connectivity index (χ4v) is 12.3. The number of urea groups is 2. The quantitative estimate of drug-likeness (QED) is 0.0220. The molecule has 1 aliphatic rings. The number of carbonyl (C=O) groups is 13. The molecule has 0 saturated carbocycles. The summed E-state index contributed by atoms with van der Waals surface area (Å²) < 4.78 is 18.6. The van der Waals surface area contributed by atoms with Crippen molar-refractivity contribution >= 4 is 118 Å². The van der Waals surface area contributed by atoms with E-state index in [1.165, 1.54) is 0 Å². The van der Waals surface area contributed by atoms with Crippen LogP contribution in [0.4, 0.5) is 21.0 Å². The molecule has 7 amide bonds. The number of nitrogens with zero attached hydrogens (tertiary/aromatic N) is 7. The van der Waals surface area contributed by atoms with Gasteiger partial charge in [0.25, 0.3) is 0 Å². The number of carboxylic acid groups (broad SMARTS) is 8. The van der Waals surface area contributed by atoms with Gasteiger partial charge in [0.05, 0.1) is 85.0 Å². The zero-order valence-corrected chi connectivity index (χ0v) is 65.7. The summed E-state index contributed by atoms with van der Waals surface area (Å²) in [5.74, 6) is -11.4. The predicted molar refractivity (Wildman–Crippen MR) is 422 cm³/mol. The molecule has 4 unspecified atom stereocenters. The molecular formula is C74H105ClN16O24S. The number of anilines is 2. The van der Waals surface area contributed by atoms with Crippen molar-refractivity contribution in [1.29, 1.82) is 0 Å². The maximum atomic E-state index is 13.9. The van der Waals surface area contributed by atoms with Gasteiger partial charge < -0.3 is 103 Å². The van der Waals surface area contributed by atoms with Crippen LogP contribution in [0, 0.1) is 0 Å². The Labute approximate surface area is 679 Å². The van der Waals surface area contributed by atoms with E-state index < -0.39 is 128 Å². The minimum atomic E-state index is -1.54. The molecule has 1 fully saturated rings. The van der Waals surface area contributed by atoms with Crippen LogP contribution >= 0.6 is 23.8 Å². The second kappa shape index (κ2) is 53.4. The molecule has 638 valence electrons. The van der Waals surface area contributed by atoms with Crippen LogP contribution in [0.25, 0.3) is 11.3 Å². The van der Waals surface area contributed by atoms with Gasteiger partial charge in [-0.2, -0.15) is 0 Å². The van der Waals surface area contributed by atoms with Crippen LogP contribution in [0.3, 0.4) is 0 Å². The van der Waals surface area contributed by atoms with Crippen molar-refractivity contribution in [2.24, 2.45) is 0 Å². The summed E-state index contributed by atoms with van der Waals surface area (Å²) in [7, 11) is 0. The van der Waals surface area contributed by atoms with Gasteiger partial charge in [-0.05, 0) is 130 Å². The van der Waals surface area contributed by atoms with Crippen molar-refractivity contribution in [3.63, 3.8) is 0 Å². The first-order valence-corrected chi connectivity index (χ1v) is 38.5. The van der Waals surface area contributed by atoms with Gasteiger partial charge in [-0.1, -0.05) is 53.2 Å². The molecule has 5 atom stereocenters. The molecule has 2 heterocycles. The highest BCUT2D eigenvalue weighted by Crippen LogP contribution is 2.22. The number of nitrogens with one attached hydrogen (secondary N) is 9. The van der Waals surface area contributed by atoms with E-state index in [1.54, 1.807) is 103 Å². The van der Waals surface area contributed by atoms with E-state index in [4.69, 9.17) is 43.1 Å². The number of carbonyl (C=O) groups excluding carboxylic acids is 5. The summed E-state index contributed by atoms with van der Waals surface area (Å²) in [6.45, 7) is 1.42. The number of carboxylic acids is 8. The van der Waals surface area contributed by atoms with Crippen LogP contribution < -0.4 is 47.9 Å². The Hall–Kier alpha value is -10.8. The minimum Gasteiger partial charge on any atom is -0.481 e. The number of benzene rings is 3. The van der Waals surface area contributed by atoms with Crippen molar-refractivity contribution < 1.29 is 117 Å². The van der Waals surface area contributed by atoms with E-state index in [9.17, 15) is 98.1 Å². The Kier molecular flexibility index (Phi) is 44.1. The zero-order chi connectivity index (χ0) is 84.7. The molecule has 0 radical (unpaired) electrons. The van der Waals surface area contributed by atoms with Crippen LogP contribution in [0.15, 0.2) is 79.0 Å². The van der Waals surface area contributed by atoms with Crippen LogP contribution in [0.2, 0.25) is 5.02 Å². The number of hydrogen-bond acceptors (Lipinski definition) is 23. The van der Waals surface area contributed by atoms with Crippen molar-refractivity contribution in [2.45, 2.75) is 127 Å². The molecular weight excluding hydrogens is 1560 g/mol. The van der Waals surface area contributed by atoms with Gasteiger partial charge in [-0.25, -0.2) is 28.7 Å². The third-order valence-corrected chi connectivity index (χ3v) is 18.4. The zero-order valence-electron chi connectivity index (χ0n) is 64.2. The number of thiocarbonyl (C=S) groups is 1. The molecule has 40 nitrogen and oxygen atoms in total. The molecule has 3 aromatic carbocycles. The molecule has 17 N–H and O–H groups in total. The summed E-state index contributed by atoms with van der Waals surface area (Å²) in [5.41, 5.74) is 3.70. The maximum absolute atomic E-state index is 13.9. The number of amides is 7. The molecule has 116 heavy (non-hydrogen) atoms. The average molecular weight is 1670 g/mol. The van der Waals surface area contributed by atoms with Crippen molar-refractivity contribution in [2.75, 3.05) is 142 Å². The predicted octanol–water partition coefficient (Wildman–Crippen LogP) is 1.61. The fraction of sp³-hybridized carbons (Fsp3) is 0.541. The highest BCUT2D eigenvalue weighted by atomic mass is 35.5. The maximum Gasteiger partial charge on any atom is 0.326 e. The third-order valence-electron chi connectivity index (χ3n) is 17.9. The lowest BCUT2D eigenvalue weighted by Gasteiger charge is -2.37. The first kappa shape index (κ1) is 95.8. The summed E-state index contributed by atoms with van der Waals surface area (Å²) in [5, 5.41) is 110. The van der Waals surface area contributed by atoms with Gasteiger partial charge >= 0.3 is 59.8 Å². The molecule has 42 heteroatoms. The Morgan fingerprint density at radius 2 is 1.00 bits per heavy atom.